The van der Waals surface area contributed by atoms with Crippen molar-refractivity contribution in [3.05, 3.63) is 51.4 Å². The van der Waals surface area contributed by atoms with Crippen molar-refractivity contribution in [2.75, 3.05) is 6.61 Å². The second-order valence-electron chi connectivity index (χ2n) is 4.58. The molecule has 0 spiro atoms. The molecule has 0 fully saturated rings. The van der Waals surface area contributed by atoms with Gasteiger partial charge < -0.3 is 14.5 Å². The molecule has 0 bridgehead atoms. The summed E-state index contributed by atoms with van der Waals surface area (Å²) in [5.41, 5.74) is 0.949. The molecule has 0 saturated carbocycles. The fourth-order valence-corrected chi connectivity index (χ4v) is 2.30. The molecule has 21 heavy (non-hydrogen) atoms. The highest BCUT2D eigenvalue weighted by Gasteiger charge is 2.09. The van der Waals surface area contributed by atoms with E-state index in [9.17, 15) is 4.79 Å². The predicted molar refractivity (Wildman–Crippen MR) is 82.0 cm³/mol. The van der Waals surface area contributed by atoms with Crippen LogP contribution in [0.2, 0.25) is 10.0 Å². The van der Waals surface area contributed by atoms with Crippen molar-refractivity contribution in [3.63, 3.8) is 0 Å². The fraction of sp³-hybridized carbons (Fsp3) is 0.267. The molecule has 1 aromatic carbocycles. The van der Waals surface area contributed by atoms with Crippen molar-refractivity contribution in [1.82, 2.24) is 5.32 Å². The predicted octanol–water partition coefficient (Wildman–Crippen LogP) is 3.90. The molecule has 2 rings (SSSR count). The molecule has 0 atom stereocenters. The lowest BCUT2D eigenvalue weighted by Gasteiger charge is -2.08. The number of furan rings is 1. The first kappa shape index (κ1) is 15.7. The van der Waals surface area contributed by atoms with E-state index < -0.39 is 0 Å². The van der Waals surface area contributed by atoms with Crippen LogP contribution < -0.4 is 10.1 Å². The number of benzene rings is 1. The maximum absolute atomic E-state index is 11.8. The van der Waals surface area contributed by atoms with Gasteiger partial charge in [0, 0.05) is 17.1 Å². The van der Waals surface area contributed by atoms with Gasteiger partial charge in [-0.1, -0.05) is 23.2 Å². The van der Waals surface area contributed by atoms with Gasteiger partial charge in [0.2, 0.25) is 0 Å². The Morgan fingerprint density at radius 3 is 2.67 bits per heavy atom. The Kier molecular flexibility index (Phi) is 5.15. The van der Waals surface area contributed by atoms with Crippen molar-refractivity contribution in [2.24, 2.45) is 0 Å². The molecule has 1 heterocycles. The van der Waals surface area contributed by atoms with Gasteiger partial charge >= 0.3 is 0 Å². The van der Waals surface area contributed by atoms with Gasteiger partial charge in [0.15, 0.2) is 6.61 Å². The molecule has 0 aliphatic heterocycles. The first-order valence-electron chi connectivity index (χ1n) is 6.36. The zero-order valence-electron chi connectivity index (χ0n) is 11.7. The standard InChI is InChI=1S/C15H15Cl2NO3/c1-9-5-11(10(2)21-9)7-18-15(19)8-20-14-4-3-12(16)6-13(14)17/h3-6H,7-8H2,1-2H3,(H,18,19). The lowest BCUT2D eigenvalue weighted by molar-refractivity contribution is -0.123. The molecule has 1 N–H and O–H groups in total. The molecule has 4 nitrogen and oxygen atoms in total. The van der Waals surface area contributed by atoms with Crippen LogP contribution in [0.4, 0.5) is 0 Å². The molecule has 0 aliphatic rings. The Morgan fingerprint density at radius 2 is 2.05 bits per heavy atom. The minimum Gasteiger partial charge on any atom is -0.482 e. The second kappa shape index (κ2) is 6.87. The van der Waals surface area contributed by atoms with Crippen LogP contribution in [0.5, 0.6) is 5.75 Å². The average Bonchev–Trinajstić information content (AvgIpc) is 2.73. The van der Waals surface area contributed by atoms with Crippen LogP contribution in [-0.2, 0) is 11.3 Å². The summed E-state index contributed by atoms with van der Waals surface area (Å²) in [6.07, 6.45) is 0. The van der Waals surface area contributed by atoms with E-state index in [4.69, 9.17) is 32.4 Å². The van der Waals surface area contributed by atoms with Crippen molar-refractivity contribution in [3.8, 4) is 5.75 Å². The minimum absolute atomic E-state index is 0.114. The molecule has 1 aromatic heterocycles. The number of amides is 1. The van der Waals surface area contributed by atoms with Gasteiger partial charge in [0.1, 0.15) is 17.3 Å². The molecule has 112 valence electrons. The van der Waals surface area contributed by atoms with E-state index in [-0.39, 0.29) is 12.5 Å². The lowest BCUT2D eigenvalue weighted by atomic mass is 10.2. The Morgan fingerprint density at radius 1 is 1.29 bits per heavy atom. The molecule has 2 aromatic rings. The average molecular weight is 328 g/mol. The van der Waals surface area contributed by atoms with E-state index in [2.05, 4.69) is 5.32 Å². The molecule has 1 amide bonds. The number of aryl methyl sites for hydroxylation is 2. The fourth-order valence-electron chi connectivity index (χ4n) is 1.84. The van der Waals surface area contributed by atoms with E-state index >= 15 is 0 Å². The molecule has 0 radical (unpaired) electrons. The molecule has 6 heteroatoms. The summed E-state index contributed by atoms with van der Waals surface area (Å²) in [5.74, 6) is 1.81. The Hall–Kier alpha value is -1.65. The van der Waals surface area contributed by atoms with E-state index in [1.165, 1.54) is 0 Å². The zero-order chi connectivity index (χ0) is 15.4. The maximum Gasteiger partial charge on any atom is 0.258 e. The van der Waals surface area contributed by atoms with Gasteiger partial charge in [-0.25, -0.2) is 0 Å². The number of rotatable bonds is 5. The first-order valence-corrected chi connectivity index (χ1v) is 7.12. The SMILES string of the molecule is Cc1cc(CNC(=O)COc2ccc(Cl)cc2Cl)c(C)o1. The molecular weight excluding hydrogens is 313 g/mol. The highest BCUT2D eigenvalue weighted by molar-refractivity contribution is 6.35. The van der Waals surface area contributed by atoms with E-state index in [0.717, 1.165) is 17.1 Å². The normalized spacial score (nSPS) is 10.5. The minimum atomic E-state index is -0.237. The third-order valence-electron chi connectivity index (χ3n) is 2.87. The molecular formula is C15H15Cl2NO3. The first-order chi connectivity index (χ1) is 9.95. The second-order valence-corrected chi connectivity index (χ2v) is 5.42. The van der Waals surface area contributed by atoms with Gasteiger partial charge in [-0.05, 0) is 38.1 Å². The summed E-state index contributed by atoms with van der Waals surface area (Å²) in [5, 5.41) is 3.65. The smallest absolute Gasteiger partial charge is 0.258 e. The number of hydrogen-bond acceptors (Lipinski definition) is 3. The van der Waals surface area contributed by atoms with Crippen molar-refractivity contribution in [1.29, 1.82) is 0 Å². The summed E-state index contributed by atoms with van der Waals surface area (Å²) < 4.78 is 10.7. The molecule has 0 unspecified atom stereocenters. The van der Waals surface area contributed by atoms with Crippen LogP contribution in [0.15, 0.2) is 28.7 Å². The highest BCUT2D eigenvalue weighted by Crippen LogP contribution is 2.27. The number of halogens is 2. The molecule has 0 aliphatic carbocycles. The Balaban J connectivity index is 1.83. The summed E-state index contributed by atoms with van der Waals surface area (Å²) in [6, 6.07) is 6.74. The Bertz CT molecular complexity index is 652. The summed E-state index contributed by atoms with van der Waals surface area (Å²) >= 11 is 11.7. The number of carbonyl (C=O) groups excluding carboxylic acids is 1. The number of nitrogens with one attached hydrogen (secondary N) is 1. The number of hydrogen-bond donors (Lipinski definition) is 1. The number of carbonyl (C=O) groups is 1. The van der Waals surface area contributed by atoms with Crippen LogP contribution >= 0.6 is 23.2 Å². The highest BCUT2D eigenvalue weighted by atomic mass is 35.5. The molecule has 0 saturated heterocycles. The van der Waals surface area contributed by atoms with Crippen LogP contribution in [0.25, 0.3) is 0 Å². The quantitative estimate of drug-likeness (QED) is 0.906. The summed E-state index contributed by atoms with van der Waals surface area (Å²) in [6.45, 7) is 4.01. The third kappa shape index (κ3) is 4.41. The van der Waals surface area contributed by atoms with Gasteiger partial charge in [0.25, 0.3) is 5.91 Å². The van der Waals surface area contributed by atoms with Crippen molar-refractivity contribution >= 4 is 29.1 Å². The topological polar surface area (TPSA) is 51.5 Å². The monoisotopic (exact) mass is 327 g/mol. The van der Waals surface area contributed by atoms with Gasteiger partial charge in [-0.15, -0.1) is 0 Å². The zero-order valence-corrected chi connectivity index (χ0v) is 13.2. The van der Waals surface area contributed by atoms with Gasteiger partial charge in [0.05, 0.1) is 5.02 Å². The van der Waals surface area contributed by atoms with Crippen molar-refractivity contribution < 1.29 is 13.9 Å². The largest absolute Gasteiger partial charge is 0.482 e. The summed E-state index contributed by atoms with van der Waals surface area (Å²) in [7, 11) is 0. The van der Waals surface area contributed by atoms with Crippen LogP contribution in [0.3, 0.4) is 0 Å². The third-order valence-corrected chi connectivity index (χ3v) is 3.40. The number of ether oxygens (including phenoxy) is 1. The van der Waals surface area contributed by atoms with Crippen LogP contribution in [0, 0.1) is 13.8 Å². The van der Waals surface area contributed by atoms with Crippen LogP contribution in [-0.4, -0.2) is 12.5 Å². The van der Waals surface area contributed by atoms with Crippen molar-refractivity contribution in [2.45, 2.75) is 20.4 Å². The maximum atomic E-state index is 11.8. The van der Waals surface area contributed by atoms with E-state index in [0.29, 0.717) is 22.3 Å². The Labute approximate surface area is 133 Å². The summed E-state index contributed by atoms with van der Waals surface area (Å²) in [4.78, 5) is 11.8. The van der Waals surface area contributed by atoms with Gasteiger partial charge in [-0.3, -0.25) is 4.79 Å². The van der Waals surface area contributed by atoms with E-state index in [1.54, 1.807) is 18.2 Å². The van der Waals surface area contributed by atoms with Gasteiger partial charge in [-0.2, -0.15) is 0 Å². The van der Waals surface area contributed by atoms with E-state index in [1.807, 2.05) is 19.9 Å². The lowest BCUT2D eigenvalue weighted by Crippen LogP contribution is -2.28. The van der Waals surface area contributed by atoms with Crippen LogP contribution in [0.1, 0.15) is 17.1 Å².